The Kier molecular flexibility index (Phi) is 3.16. The quantitative estimate of drug-likeness (QED) is 0.741. The van der Waals surface area contributed by atoms with Gasteiger partial charge >= 0.3 is 6.18 Å². The number of alkyl halides is 3. The predicted molar refractivity (Wildman–Crippen MR) is 66.9 cm³/mol. The third-order valence-electron chi connectivity index (χ3n) is 3.11. The van der Waals surface area contributed by atoms with Crippen LogP contribution in [0.2, 0.25) is 0 Å². The standard InChI is InChI=1S/C15H9F4NO/c16-12-7-2-1-5-10(12)14-20-13-9(8-21-14)4-3-6-11(13)15(17,18)19/h1-8,14H. The van der Waals surface area contributed by atoms with E-state index in [0.717, 1.165) is 6.07 Å². The van der Waals surface area contributed by atoms with Gasteiger partial charge in [0.1, 0.15) is 5.82 Å². The Balaban J connectivity index is 2.19. The smallest absolute Gasteiger partial charge is 0.418 e. The van der Waals surface area contributed by atoms with Gasteiger partial charge in [-0.05, 0) is 18.2 Å². The van der Waals surface area contributed by atoms with Gasteiger partial charge in [-0.25, -0.2) is 9.38 Å². The number of nitrogens with zero attached hydrogens (tertiary/aromatic N) is 1. The molecule has 0 radical (unpaired) electrons. The first-order chi connectivity index (χ1) is 9.97. The highest BCUT2D eigenvalue weighted by Crippen LogP contribution is 2.27. The van der Waals surface area contributed by atoms with Crippen molar-refractivity contribution >= 4 is 6.26 Å². The minimum atomic E-state index is -4.53. The van der Waals surface area contributed by atoms with Crippen LogP contribution in [0.1, 0.15) is 17.4 Å². The fraction of sp³-hybridized carbons (Fsp3) is 0.133. The van der Waals surface area contributed by atoms with Gasteiger partial charge in [0.25, 0.3) is 0 Å². The summed E-state index contributed by atoms with van der Waals surface area (Å²) in [6.45, 7) is 0. The molecular formula is C15H9F4NO. The molecule has 0 bridgehead atoms. The Labute approximate surface area is 117 Å². The molecule has 3 rings (SSSR count). The average Bonchev–Trinajstić information content (AvgIpc) is 2.45. The average molecular weight is 295 g/mol. The van der Waals surface area contributed by atoms with Gasteiger partial charge in [0.2, 0.25) is 6.23 Å². The lowest BCUT2D eigenvalue weighted by molar-refractivity contribution is -0.138. The number of para-hydroxylation sites is 1. The van der Waals surface area contributed by atoms with E-state index in [9.17, 15) is 17.6 Å². The molecule has 0 saturated carbocycles. The van der Waals surface area contributed by atoms with Crippen molar-refractivity contribution in [2.24, 2.45) is 4.99 Å². The van der Waals surface area contributed by atoms with E-state index in [2.05, 4.69) is 4.99 Å². The van der Waals surface area contributed by atoms with E-state index >= 15 is 0 Å². The van der Waals surface area contributed by atoms with Crippen molar-refractivity contribution in [3.05, 3.63) is 70.0 Å². The minimum Gasteiger partial charge on any atom is -0.471 e. The fourth-order valence-electron chi connectivity index (χ4n) is 2.13. The second kappa shape index (κ2) is 4.87. The van der Waals surface area contributed by atoms with Gasteiger partial charge in [-0.3, -0.25) is 0 Å². The van der Waals surface area contributed by atoms with Gasteiger partial charge < -0.3 is 4.74 Å². The molecule has 1 heterocycles. The van der Waals surface area contributed by atoms with Crippen molar-refractivity contribution in [1.29, 1.82) is 0 Å². The molecule has 108 valence electrons. The summed E-state index contributed by atoms with van der Waals surface area (Å²) in [5.41, 5.74) is -0.766. The van der Waals surface area contributed by atoms with Crippen molar-refractivity contribution in [2.75, 3.05) is 0 Å². The van der Waals surface area contributed by atoms with Crippen LogP contribution >= 0.6 is 0 Å². The monoisotopic (exact) mass is 295 g/mol. The molecule has 1 atom stereocenters. The molecule has 0 aliphatic carbocycles. The van der Waals surface area contributed by atoms with Crippen molar-refractivity contribution in [3.63, 3.8) is 0 Å². The summed E-state index contributed by atoms with van der Waals surface area (Å²) < 4.78 is 57.9. The molecule has 1 aliphatic rings. The Morgan fingerprint density at radius 1 is 1.00 bits per heavy atom. The summed E-state index contributed by atoms with van der Waals surface area (Å²) >= 11 is 0. The van der Waals surface area contributed by atoms with Crippen LogP contribution in [0.25, 0.3) is 6.26 Å². The second-order valence-electron chi connectivity index (χ2n) is 4.50. The first kappa shape index (κ1) is 13.6. The lowest BCUT2D eigenvalue weighted by Gasteiger charge is -2.18. The number of benzene rings is 2. The number of ether oxygens (including phenoxy) is 1. The lowest BCUT2D eigenvalue weighted by atomic mass is 10.1. The topological polar surface area (TPSA) is 21.6 Å². The highest BCUT2D eigenvalue weighted by Gasteiger charge is 2.33. The number of rotatable bonds is 1. The summed E-state index contributed by atoms with van der Waals surface area (Å²) in [4.78, 5) is 3.93. The zero-order valence-corrected chi connectivity index (χ0v) is 10.6. The van der Waals surface area contributed by atoms with Crippen molar-refractivity contribution < 1.29 is 22.3 Å². The predicted octanol–water partition coefficient (Wildman–Crippen LogP) is 2.93. The lowest BCUT2D eigenvalue weighted by Crippen LogP contribution is -2.36. The molecule has 0 N–H and O–H groups in total. The molecule has 0 spiro atoms. The third kappa shape index (κ3) is 2.49. The van der Waals surface area contributed by atoms with Crippen LogP contribution in [0, 0.1) is 5.82 Å². The largest absolute Gasteiger partial charge is 0.471 e. The summed E-state index contributed by atoms with van der Waals surface area (Å²) in [6.07, 6.45) is -4.48. The molecule has 0 aromatic heterocycles. The van der Waals surface area contributed by atoms with Crippen LogP contribution in [0.5, 0.6) is 0 Å². The number of hydrogen-bond donors (Lipinski definition) is 0. The Morgan fingerprint density at radius 3 is 2.48 bits per heavy atom. The zero-order valence-electron chi connectivity index (χ0n) is 10.6. The van der Waals surface area contributed by atoms with E-state index < -0.39 is 23.8 Å². The minimum absolute atomic E-state index is 0.0939. The molecule has 0 saturated heterocycles. The summed E-state index contributed by atoms with van der Waals surface area (Å²) in [7, 11) is 0. The van der Waals surface area contributed by atoms with E-state index in [4.69, 9.17) is 4.74 Å². The summed E-state index contributed by atoms with van der Waals surface area (Å²) in [5, 5.41) is -0.0121. The highest BCUT2D eigenvalue weighted by atomic mass is 19.4. The zero-order chi connectivity index (χ0) is 15.0. The maximum Gasteiger partial charge on any atom is 0.418 e. The summed E-state index contributed by atoms with van der Waals surface area (Å²) in [5.74, 6) is -0.576. The maximum atomic E-state index is 13.7. The van der Waals surface area contributed by atoms with Crippen LogP contribution in [0.15, 0.2) is 47.5 Å². The maximum absolute atomic E-state index is 13.7. The van der Waals surface area contributed by atoms with Gasteiger partial charge in [-0.15, -0.1) is 0 Å². The van der Waals surface area contributed by atoms with Crippen LogP contribution < -0.4 is 10.6 Å². The van der Waals surface area contributed by atoms with E-state index in [1.54, 1.807) is 6.07 Å². The molecule has 21 heavy (non-hydrogen) atoms. The van der Waals surface area contributed by atoms with Crippen molar-refractivity contribution in [2.45, 2.75) is 12.4 Å². The molecule has 0 fully saturated rings. The molecule has 1 aliphatic heterocycles. The van der Waals surface area contributed by atoms with Crippen molar-refractivity contribution in [1.82, 2.24) is 0 Å². The number of fused-ring (bicyclic) bond motifs is 1. The molecule has 1 unspecified atom stereocenters. The van der Waals surface area contributed by atoms with Gasteiger partial charge in [0.05, 0.1) is 22.7 Å². The van der Waals surface area contributed by atoms with Crippen molar-refractivity contribution in [3.8, 4) is 0 Å². The third-order valence-corrected chi connectivity index (χ3v) is 3.11. The first-order valence-corrected chi connectivity index (χ1v) is 6.11. The fourth-order valence-corrected chi connectivity index (χ4v) is 2.13. The van der Waals surface area contributed by atoms with Crippen LogP contribution in [0.3, 0.4) is 0 Å². The van der Waals surface area contributed by atoms with Crippen LogP contribution in [-0.4, -0.2) is 0 Å². The normalized spacial score (nSPS) is 17.2. The van der Waals surface area contributed by atoms with Crippen LogP contribution in [-0.2, 0) is 10.9 Å². The molecule has 0 amide bonds. The van der Waals surface area contributed by atoms with E-state index in [1.165, 1.54) is 36.6 Å². The Bertz CT molecular complexity index is 798. The van der Waals surface area contributed by atoms with Gasteiger partial charge in [0, 0.05) is 5.22 Å². The molecular weight excluding hydrogens is 286 g/mol. The van der Waals surface area contributed by atoms with Crippen LogP contribution in [0.4, 0.5) is 17.6 Å². The van der Waals surface area contributed by atoms with E-state index in [-0.39, 0.29) is 16.1 Å². The van der Waals surface area contributed by atoms with Gasteiger partial charge in [-0.2, -0.15) is 13.2 Å². The summed E-state index contributed by atoms with van der Waals surface area (Å²) in [6, 6.07) is 9.38. The van der Waals surface area contributed by atoms with E-state index in [1.807, 2.05) is 0 Å². The second-order valence-corrected chi connectivity index (χ2v) is 4.50. The molecule has 2 aromatic rings. The Morgan fingerprint density at radius 2 is 1.76 bits per heavy atom. The Hall–Kier alpha value is -2.37. The number of halogens is 4. The van der Waals surface area contributed by atoms with Gasteiger partial charge in [0.15, 0.2) is 0 Å². The molecule has 2 aromatic carbocycles. The molecule has 6 heteroatoms. The first-order valence-electron chi connectivity index (χ1n) is 6.11. The molecule has 2 nitrogen and oxygen atoms in total. The SMILES string of the molecule is Fc1ccccc1C1N=c2c(C(F)(F)F)cccc2=CO1. The number of hydrogen-bond acceptors (Lipinski definition) is 2. The van der Waals surface area contributed by atoms with E-state index in [0.29, 0.717) is 0 Å². The highest BCUT2D eigenvalue weighted by molar-refractivity contribution is 5.29. The van der Waals surface area contributed by atoms with Gasteiger partial charge in [-0.1, -0.05) is 24.3 Å².